The van der Waals surface area contributed by atoms with E-state index in [4.69, 9.17) is 15.2 Å². The van der Waals surface area contributed by atoms with Crippen LogP contribution in [0.3, 0.4) is 0 Å². The summed E-state index contributed by atoms with van der Waals surface area (Å²) in [5, 5.41) is 2.03. The molecule has 0 saturated carbocycles. The van der Waals surface area contributed by atoms with Crippen LogP contribution >= 0.6 is 27.3 Å². The van der Waals surface area contributed by atoms with Crippen molar-refractivity contribution in [3.05, 3.63) is 20.8 Å². The second kappa shape index (κ2) is 7.29. The smallest absolute Gasteiger partial charge is 0.410 e. The van der Waals surface area contributed by atoms with E-state index in [1.54, 1.807) is 16.2 Å². The zero-order valence-corrected chi connectivity index (χ0v) is 15.6. The summed E-state index contributed by atoms with van der Waals surface area (Å²) in [6, 6.07) is 1.72. The van der Waals surface area contributed by atoms with Crippen LogP contribution in [0.5, 0.6) is 0 Å². The van der Waals surface area contributed by atoms with Crippen LogP contribution in [0.4, 0.5) is 4.79 Å². The van der Waals surface area contributed by atoms with E-state index >= 15 is 0 Å². The number of hydrogen-bond acceptors (Lipinski definition) is 5. The fraction of sp³-hybridized carbons (Fsp3) is 0.667. The predicted octanol–water partition coefficient (Wildman–Crippen LogP) is 3.02. The van der Waals surface area contributed by atoms with Gasteiger partial charge in [0, 0.05) is 27.3 Å². The summed E-state index contributed by atoms with van der Waals surface area (Å²) in [4.78, 5) is 15.3. The molecule has 2 N–H and O–H groups in total. The van der Waals surface area contributed by atoms with Crippen LogP contribution in [0, 0.1) is 0 Å². The van der Waals surface area contributed by atoms with Gasteiger partial charge in [0.1, 0.15) is 5.60 Å². The fourth-order valence-electron chi connectivity index (χ4n) is 2.35. The van der Waals surface area contributed by atoms with Gasteiger partial charge >= 0.3 is 6.09 Å². The Bertz CT molecular complexity index is 515. The fourth-order valence-corrected chi connectivity index (χ4v) is 3.88. The van der Waals surface area contributed by atoms with Gasteiger partial charge in [-0.1, -0.05) is 0 Å². The van der Waals surface area contributed by atoms with E-state index in [1.165, 1.54) is 4.88 Å². The van der Waals surface area contributed by atoms with Gasteiger partial charge in [-0.3, -0.25) is 4.90 Å². The Labute approximate surface area is 143 Å². The average molecular weight is 391 g/mol. The molecule has 22 heavy (non-hydrogen) atoms. The van der Waals surface area contributed by atoms with Crippen LogP contribution in [0.15, 0.2) is 15.9 Å². The molecule has 1 aliphatic rings. The molecule has 2 unspecified atom stereocenters. The highest BCUT2D eigenvalue weighted by atomic mass is 79.9. The molecule has 1 fully saturated rings. The number of ether oxygens (including phenoxy) is 2. The largest absolute Gasteiger partial charge is 0.444 e. The van der Waals surface area contributed by atoms with Crippen LogP contribution in [-0.2, 0) is 15.9 Å². The third kappa shape index (κ3) is 4.94. The molecule has 0 bridgehead atoms. The zero-order chi connectivity index (χ0) is 16.3. The van der Waals surface area contributed by atoms with E-state index in [0.29, 0.717) is 26.2 Å². The van der Waals surface area contributed by atoms with E-state index in [9.17, 15) is 4.79 Å². The molecule has 0 radical (unpaired) electrons. The van der Waals surface area contributed by atoms with Crippen molar-refractivity contribution in [1.29, 1.82) is 0 Å². The normalized spacial score (nSPS) is 20.8. The monoisotopic (exact) mass is 390 g/mol. The van der Waals surface area contributed by atoms with Crippen molar-refractivity contribution >= 4 is 33.4 Å². The number of halogens is 1. The second-order valence-electron chi connectivity index (χ2n) is 6.42. The Balaban J connectivity index is 2.03. The van der Waals surface area contributed by atoms with E-state index in [-0.39, 0.29) is 18.2 Å². The lowest BCUT2D eigenvalue weighted by molar-refractivity contribution is -0.0378. The third-order valence-electron chi connectivity index (χ3n) is 3.35. The van der Waals surface area contributed by atoms with Crippen LogP contribution in [0.25, 0.3) is 0 Å². The van der Waals surface area contributed by atoms with Crippen LogP contribution in [0.1, 0.15) is 25.6 Å². The summed E-state index contributed by atoms with van der Waals surface area (Å²) in [6.45, 7) is 7.08. The molecule has 0 aromatic carbocycles. The highest BCUT2D eigenvalue weighted by molar-refractivity contribution is 9.10. The first-order chi connectivity index (χ1) is 10.3. The van der Waals surface area contributed by atoms with Gasteiger partial charge in [0.15, 0.2) is 0 Å². The minimum absolute atomic E-state index is 0.163. The van der Waals surface area contributed by atoms with Crippen molar-refractivity contribution in [2.45, 2.75) is 44.9 Å². The average Bonchev–Trinajstić information content (AvgIpc) is 2.82. The minimum Gasteiger partial charge on any atom is -0.444 e. The van der Waals surface area contributed by atoms with Gasteiger partial charge in [0.05, 0.1) is 19.3 Å². The molecule has 7 heteroatoms. The first kappa shape index (κ1) is 17.7. The highest BCUT2D eigenvalue weighted by Gasteiger charge is 2.34. The van der Waals surface area contributed by atoms with Crippen LogP contribution < -0.4 is 5.73 Å². The summed E-state index contributed by atoms with van der Waals surface area (Å²) in [5.41, 5.74) is 5.83. The summed E-state index contributed by atoms with van der Waals surface area (Å²) in [7, 11) is 0. The molecule has 2 atom stereocenters. The lowest BCUT2D eigenvalue weighted by Gasteiger charge is -2.39. The maximum atomic E-state index is 12.4. The Morgan fingerprint density at radius 2 is 2.36 bits per heavy atom. The van der Waals surface area contributed by atoms with Gasteiger partial charge < -0.3 is 15.2 Å². The topological polar surface area (TPSA) is 64.8 Å². The molecule has 1 aromatic rings. The first-order valence-electron chi connectivity index (χ1n) is 7.32. The lowest BCUT2D eigenvalue weighted by atomic mass is 10.0. The number of nitrogens with zero attached hydrogens (tertiary/aromatic N) is 1. The standard InChI is InChI=1S/C15H23BrN2O3S/c1-15(2,3)21-14(19)18-4-5-20-8-13(18)12(17)7-11-6-10(16)9-22-11/h6,9,12-13H,4-5,7-8,17H2,1-3H3. The van der Waals surface area contributed by atoms with E-state index in [1.807, 2.05) is 26.2 Å². The Morgan fingerprint density at radius 1 is 1.64 bits per heavy atom. The SMILES string of the molecule is CC(C)(C)OC(=O)N1CCOCC1C(N)Cc1cc(Br)cs1. The van der Waals surface area contributed by atoms with E-state index in [0.717, 1.165) is 4.47 Å². The molecule has 1 aromatic heterocycles. The van der Waals surface area contributed by atoms with Crippen LogP contribution in [0.2, 0.25) is 0 Å². The number of nitrogens with two attached hydrogens (primary N) is 1. The zero-order valence-electron chi connectivity index (χ0n) is 13.2. The number of carbonyl (C=O) groups excluding carboxylic acids is 1. The summed E-state index contributed by atoms with van der Waals surface area (Å²) in [5.74, 6) is 0. The van der Waals surface area contributed by atoms with Gasteiger partial charge in [-0.25, -0.2) is 4.79 Å². The minimum atomic E-state index is -0.511. The summed E-state index contributed by atoms with van der Waals surface area (Å²) in [6.07, 6.45) is 0.396. The lowest BCUT2D eigenvalue weighted by Crippen LogP contribution is -2.58. The van der Waals surface area contributed by atoms with Gasteiger partial charge in [-0.2, -0.15) is 0 Å². The third-order valence-corrected chi connectivity index (χ3v) is 5.07. The maximum Gasteiger partial charge on any atom is 0.410 e. The molecule has 124 valence electrons. The number of thiophene rings is 1. The molecule has 5 nitrogen and oxygen atoms in total. The van der Waals surface area contributed by atoms with Gasteiger partial charge in [0.2, 0.25) is 0 Å². The van der Waals surface area contributed by atoms with E-state index < -0.39 is 5.60 Å². The molecular weight excluding hydrogens is 368 g/mol. The Morgan fingerprint density at radius 3 is 2.95 bits per heavy atom. The first-order valence-corrected chi connectivity index (χ1v) is 8.99. The van der Waals surface area contributed by atoms with Gasteiger partial charge in [-0.05, 0) is 49.2 Å². The van der Waals surface area contributed by atoms with Crippen molar-refractivity contribution in [1.82, 2.24) is 4.90 Å². The predicted molar refractivity (Wildman–Crippen MR) is 91.2 cm³/mol. The van der Waals surface area contributed by atoms with Crippen molar-refractivity contribution in [2.75, 3.05) is 19.8 Å². The Kier molecular flexibility index (Phi) is 5.87. The molecule has 0 spiro atoms. The van der Waals surface area contributed by atoms with Crippen molar-refractivity contribution < 1.29 is 14.3 Å². The molecule has 1 saturated heterocycles. The highest BCUT2D eigenvalue weighted by Crippen LogP contribution is 2.23. The van der Waals surface area contributed by atoms with Crippen molar-refractivity contribution in [3.8, 4) is 0 Å². The maximum absolute atomic E-state index is 12.4. The quantitative estimate of drug-likeness (QED) is 0.861. The number of morpholine rings is 1. The Hall–Kier alpha value is -0.630. The number of carbonyl (C=O) groups is 1. The van der Waals surface area contributed by atoms with Gasteiger partial charge in [-0.15, -0.1) is 11.3 Å². The van der Waals surface area contributed by atoms with Crippen molar-refractivity contribution in [3.63, 3.8) is 0 Å². The molecule has 1 aliphatic heterocycles. The summed E-state index contributed by atoms with van der Waals surface area (Å²) >= 11 is 5.11. The number of hydrogen-bond donors (Lipinski definition) is 1. The molecule has 0 aliphatic carbocycles. The number of rotatable bonds is 3. The van der Waals surface area contributed by atoms with Crippen molar-refractivity contribution in [2.24, 2.45) is 5.73 Å². The van der Waals surface area contributed by atoms with Crippen LogP contribution in [-0.4, -0.2) is 48.4 Å². The number of amides is 1. The molecule has 2 heterocycles. The summed E-state index contributed by atoms with van der Waals surface area (Å²) < 4.78 is 12.1. The molecular formula is C15H23BrN2O3S. The second-order valence-corrected chi connectivity index (χ2v) is 8.33. The van der Waals surface area contributed by atoms with E-state index in [2.05, 4.69) is 22.0 Å². The molecule has 1 amide bonds. The molecule has 2 rings (SSSR count). The van der Waals surface area contributed by atoms with Gasteiger partial charge in [0.25, 0.3) is 0 Å².